The Morgan fingerprint density at radius 1 is 0.850 bits per heavy atom. The van der Waals surface area contributed by atoms with E-state index in [4.69, 9.17) is 20.8 Å². The average molecular weight is 567 g/mol. The highest BCUT2D eigenvalue weighted by atomic mass is 35.5. The van der Waals surface area contributed by atoms with Gasteiger partial charge in [-0.3, -0.25) is 9.69 Å². The Morgan fingerprint density at radius 2 is 1.60 bits per heavy atom. The predicted molar refractivity (Wildman–Crippen MR) is 162 cm³/mol. The summed E-state index contributed by atoms with van der Waals surface area (Å²) in [4.78, 5) is 19.6. The fourth-order valence-corrected chi connectivity index (χ4v) is 5.85. The monoisotopic (exact) mass is 566 g/mol. The maximum absolute atomic E-state index is 12.3. The van der Waals surface area contributed by atoms with E-state index in [0.717, 1.165) is 91.5 Å². The lowest BCUT2D eigenvalue weighted by Gasteiger charge is -2.34. The zero-order valence-electron chi connectivity index (χ0n) is 23.6. The van der Waals surface area contributed by atoms with Gasteiger partial charge in [0.1, 0.15) is 11.3 Å². The van der Waals surface area contributed by atoms with E-state index in [1.54, 1.807) is 6.26 Å². The van der Waals surface area contributed by atoms with Crippen molar-refractivity contribution in [3.63, 3.8) is 0 Å². The fourth-order valence-electron chi connectivity index (χ4n) is 5.72. The summed E-state index contributed by atoms with van der Waals surface area (Å²) in [5, 5.41) is 4.91. The number of benzene rings is 2. The Morgan fingerprint density at radius 3 is 2.40 bits per heavy atom. The number of hydrogen-bond acceptors (Lipinski definition) is 6. The molecule has 0 atom stereocenters. The third-order valence-corrected chi connectivity index (χ3v) is 8.37. The summed E-state index contributed by atoms with van der Waals surface area (Å²) in [6.45, 7) is 10.5. The summed E-state index contributed by atoms with van der Waals surface area (Å²) in [6, 6.07) is 13.9. The van der Waals surface area contributed by atoms with Crippen LogP contribution >= 0.6 is 11.6 Å². The molecule has 1 amide bonds. The Hall–Kier alpha value is -2.58. The average Bonchev–Trinajstić information content (AvgIpc) is 3.40. The van der Waals surface area contributed by atoms with Gasteiger partial charge in [-0.25, -0.2) is 0 Å². The maximum Gasteiger partial charge on any atom is 0.234 e. The molecule has 0 radical (unpaired) electrons. The summed E-state index contributed by atoms with van der Waals surface area (Å²) in [7, 11) is 0. The van der Waals surface area contributed by atoms with Gasteiger partial charge in [0.25, 0.3) is 0 Å². The van der Waals surface area contributed by atoms with E-state index >= 15 is 0 Å². The molecule has 0 spiro atoms. The van der Waals surface area contributed by atoms with E-state index in [-0.39, 0.29) is 5.91 Å². The van der Waals surface area contributed by atoms with Crippen molar-refractivity contribution in [2.75, 3.05) is 72.1 Å². The van der Waals surface area contributed by atoms with Gasteiger partial charge < -0.3 is 24.3 Å². The topological polar surface area (TPSA) is 61.2 Å². The highest BCUT2D eigenvalue weighted by molar-refractivity contribution is 6.30. The van der Waals surface area contributed by atoms with Crippen molar-refractivity contribution in [1.82, 2.24) is 20.0 Å². The first-order valence-corrected chi connectivity index (χ1v) is 15.4. The van der Waals surface area contributed by atoms with Crippen LogP contribution in [0.4, 0.5) is 0 Å². The lowest BCUT2D eigenvalue weighted by atomic mass is 10.0. The number of nitrogens with zero attached hydrogens (tertiary/aromatic N) is 3. The number of hydrogen-bond donors (Lipinski definition) is 1. The van der Waals surface area contributed by atoms with Crippen molar-refractivity contribution in [1.29, 1.82) is 0 Å². The van der Waals surface area contributed by atoms with Crippen molar-refractivity contribution < 1.29 is 13.9 Å². The van der Waals surface area contributed by atoms with Crippen LogP contribution < -0.4 is 10.1 Å². The molecular weight excluding hydrogens is 524 g/mol. The molecule has 0 unspecified atom stereocenters. The van der Waals surface area contributed by atoms with Crippen LogP contribution in [0.3, 0.4) is 0 Å². The molecule has 1 aromatic heterocycles. The van der Waals surface area contributed by atoms with Crippen molar-refractivity contribution in [3.05, 3.63) is 53.8 Å². The summed E-state index contributed by atoms with van der Waals surface area (Å²) in [5.41, 5.74) is 2.98. The number of unbranched alkanes of at least 4 members (excludes halogenated alkanes) is 2. The normalized spacial score (nSPS) is 17.3. The fraction of sp³-hybridized carbons (Fsp3) is 0.531. The molecule has 3 aromatic rings. The van der Waals surface area contributed by atoms with Gasteiger partial charge in [0.15, 0.2) is 0 Å². The van der Waals surface area contributed by atoms with E-state index in [1.165, 1.54) is 38.8 Å². The van der Waals surface area contributed by atoms with Crippen LogP contribution in [0.5, 0.6) is 5.75 Å². The predicted octanol–water partition coefficient (Wildman–Crippen LogP) is 5.52. The minimum Gasteiger partial charge on any atom is -0.493 e. The number of fused-ring (bicyclic) bond motifs is 1. The van der Waals surface area contributed by atoms with E-state index in [9.17, 15) is 4.79 Å². The van der Waals surface area contributed by atoms with Gasteiger partial charge in [0.2, 0.25) is 5.91 Å². The molecule has 40 heavy (non-hydrogen) atoms. The second-order valence-corrected chi connectivity index (χ2v) is 11.5. The van der Waals surface area contributed by atoms with Crippen LogP contribution in [0.25, 0.3) is 22.1 Å². The van der Waals surface area contributed by atoms with Gasteiger partial charge in [-0.1, -0.05) is 30.2 Å². The van der Waals surface area contributed by atoms with E-state index < -0.39 is 0 Å². The van der Waals surface area contributed by atoms with E-state index in [2.05, 4.69) is 26.1 Å². The summed E-state index contributed by atoms with van der Waals surface area (Å²) in [5.74, 6) is 1.01. The van der Waals surface area contributed by atoms with Crippen LogP contribution in [-0.4, -0.2) is 92.7 Å². The van der Waals surface area contributed by atoms with Crippen LogP contribution in [0, 0.1) is 0 Å². The summed E-state index contributed by atoms with van der Waals surface area (Å²) < 4.78 is 11.8. The number of likely N-dealkylation sites (tertiary alicyclic amines) is 1. The van der Waals surface area contributed by atoms with E-state index in [0.29, 0.717) is 13.2 Å². The molecule has 8 heteroatoms. The molecule has 3 heterocycles. The number of amides is 1. The molecule has 7 nitrogen and oxygen atoms in total. The first-order chi connectivity index (χ1) is 19.6. The summed E-state index contributed by atoms with van der Waals surface area (Å²) in [6.07, 6.45) is 9.07. The number of ether oxygens (including phenoxy) is 1. The first-order valence-electron chi connectivity index (χ1n) is 15.0. The number of piperazine rings is 1. The van der Waals surface area contributed by atoms with Gasteiger partial charge >= 0.3 is 0 Å². The molecule has 2 aliphatic heterocycles. The smallest absolute Gasteiger partial charge is 0.234 e. The number of nitrogens with one attached hydrogen (secondary N) is 1. The van der Waals surface area contributed by atoms with Gasteiger partial charge in [-0.15, -0.1) is 0 Å². The Kier molecular flexibility index (Phi) is 10.8. The zero-order valence-corrected chi connectivity index (χ0v) is 24.3. The van der Waals surface area contributed by atoms with E-state index in [1.807, 2.05) is 36.4 Å². The van der Waals surface area contributed by atoms with Gasteiger partial charge in [-0.2, -0.15) is 0 Å². The highest BCUT2D eigenvalue weighted by Gasteiger charge is 2.19. The van der Waals surface area contributed by atoms with Crippen molar-refractivity contribution in [2.24, 2.45) is 0 Å². The van der Waals surface area contributed by atoms with Crippen LogP contribution in [-0.2, 0) is 4.79 Å². The Balaban J connectivity index is 0.919. The molecule has 1 N–H and O–H groups in total. The van der Waals surface area contributed by atoms with Crippen molar-refractivity contribution in [3.8, 4) is 16.9 Å². The standard InChI is InChI=1S/C32H43ClN4O3/c33-27-9-7-26(8-10-27)30-25-40-31-23-28(11-12-29(30)31)39-22-6-2-5-16-36-18-20-37(21-19-36)24-32(38)34-13-17-35-14-3-1-4-15-35/h7-12,23,25H,1-6,13-22,24H2,(H,34,38). The number of carbonyl (C=O) groups is 1. The Bertz CT molecular complexity index is 1200. The number of furan rings is 1. The summed E-state index contributed by atoms with van der Waals surface area (Å²) >= 11 is 6.03. The SMILES string of the molecule is O=C(CN1CCN(CCCCCOc2ccc3c(-c4ccc(Cl)cc4)coc3c2)CC1)NCCN1CCCCC1. The largest absolute Gasteiger partial charge is 0.493 e. The third kappa shape index (κ3) is 8.46. The lowest BCUT2D eigenvalue weighted by molar-refractivity contribution is -0.122. The number of carbonyl (C=O) groups excluding carboxylic acids is 1. The molecule has 2 aliphatic rings. The third-order valence-electron chi connectivity index (χ3n) is 8.12. The number of piperidine rings is 1. The molecule has 5 rings (SSSR count). The molecular formula is C32H43ClN4O3. The van der Waals surface area contributed by atoms with Crippen molar-refractivity contribution in [2.45, 2.75) is 38.5 Å². The number of rotatable bonds is 13. The molecule has 0 saturated carbocycles. The zero-order chi connectivity index (χ0) is 27.6. The molecule has 2 aromatic carbocycles. The molecule has 2 fully saturated rings. The first kappa shape index (κ1) is 28.9. The minimum atomic E-state index is 0.165. The van der Waals surface area contributed by atoms with Crippen molar-refractivity contribution >= 4 is 28.5 Å². The van der Waals surface area contributed by atoms with Crippen LogP contribution in [0.15, 0.2) is 53.1 Å². The number of halogens is 1. The second kappa shape index (κ2) is 14.9. The molecule has 0 bridgehead atoms. The van der Waals surface area contributed by atoms with Gasteiger partial charge in [-0.05, 0) is 81.6 Å². The quantitative estimate of drug-likeness (QED) is 0.275. The van der Waals surface area contributed by atoms with Gasteiger partial charge in [0, 0.05) is 61.3 Å². The Labute approximate surface area is 243 Å². The molecule has 2 saturated heterocycles. The maximum atomic E-state index is 12.3. The highest BCUT2D eigenvalue weighted by Crippen LogP contribution is 2.33. The second-order valence-electron chi connectivity index (χ2n) is 11.1. The molecule has 0 aliphatic carbocycles. The molecule has 216 valence electrons. The van der Waals surface area contributed by atoms with Crippen LogP contribution in [0.2, 0.25) is 5.02 Å². The minimum absolute atomic E-state index is 0.165. The van der Waals surface area contributed by atoms with Crippen LogP contribution in [0.1, 0.15) is 38.5 Å². The van der Waals surface area contributed by atoms with Gasteiger partial charge in [0.05, 0.1) is 19.4 Å². The lowest BCUT2D eigenvalue weighted by Crippen LogP contribution is -2.50.